The molecule has 80 valence electrons. The molecule has 1 aromatic rings. The summed E-state index contributed by atoms with van der Waals surface area (Å²) in [4.78, 5) is 0. The molecule has 0 radical (unpaired) electrons. The lowest BCUT2D eigenvalue weighted by Gasteiger charge is -2.00. The predicted octanol–water partition coefficient (Wildman–Crippen LogP) is 1.28. The van der Waals surface area contributed by atoms with Crippen LogP contribution in [0.4, 0.5) is 13.2 Å². The second kappa shape index (κ2) is 4.41. The first-order valence-corrected chi connectivity index (χ1v) is 4.10. The highest BCUT2D eigenvalue weighted by atomic mass is 19.4. The van der Waals surface area contributed by atoms with Crippen molar-refractivity contribution < 1.29 is 17.6 Å². The van der Waals surface area contributed by atoms with Crippen LogP contribution in [0.2, 0.25) is 0 Å². The van der Waals surface area contributed by atoms with Crippen LogP contribution in [0, 0.1) is 0 Å². The van der Waals surface area contributed by atoms with Crippen LogP contribution in [0.5, 0.6) is 0 Å². The van der Waals surface area contributed by atoms with Crippen molar-refractivity contribution in [3.05, 3.63) is 11.8 Å². The number of halogens is 3. The SMILES string of the molecule is CCNCc1nnc(CC(F)(F)F)o1. The molecule has 0 saturated carbocycles. The molecule has 0 unspecified atom stereocenters. The van der Waals surface area contributed by atoms with Gasteiger partial charge in [-0.05, 0) is 6.54 Å². The predicted molar refractivity (Wildman–Crippen MR) is 41.4 cm³/mol. The monoisotopic (exact) mass is 209 g/mol. The van der Waals surface area contributed by atoms with E-state index in [-0.39, 0.29) is 5.89 Å². The van der Waals surface area contributed by atoms with Crippen LogP contribution in [-0.4, -0.2) is 22.9 Å². The third-order valence-electron chi connectivity index (χ3n) is 1.39. The van der Waals surface area contributed by atoms with E-state index in [0.29, 0.717) is 13.1 Å². The van der Waals surface area contributed by atoms with Crippen molar-refractivity contribution in [2.45, 2.75) is 26.1 Å². The molecule has 1 aromatic heterocycles. The molecule has 0 fully saturated rings. The van der Waals surface area contributed by atoms with Crippen molar-refractivity contribution in [3.63, 3.8) is 0 Å². The number of hydrogen-bond acceptors (Lipinski definition) is 4. The summed E-state index contributed by atoms with van der Waals surface area (Å²) in [6, 6.07) is 0. The van der Waals surface area contributed by atoms with Crippen molar-refractivity contribution in [1.29, 1.82) is 0 Å². The molecule has 4 nitrogen and oxygen atoms in total. The Labute approximate surface area is 78.5 Å². The van der Waals surface area contributed by atoms with Gasteiger partial charge in [0.05, 0.1) is 6.54 Å². The van der Waals surface area contributed by atoms with Gasteiger partial charge in [0.1, 0.15) is 6.42 Å². The number of nitrogens with one attached hydrogen (secondary N) is 1. The Balaban J connectivity index is 2.51. The molecule has 1 N–H and O–H groups in total. The van der Waals surface area contributed by atoms with Gasteiger partial charge in [-0.15, -0.1) is 10.2 Å². The molecule has 0 aliphatic rings. The third-order valence-corrected chi connectivity index (χ3v) is 1.39. The average Bonchev–Trinajstić information content (AvgIpc) is 2.46. The number of nitrogens with zero attached hydrogens (tertiary/aromatic N) is 2. The first-order chi connectivity index (χ1) is 6.51. The lowest BCUT2D eigenvalue weighted by molar-refractivity contribution is -0.130. The minimum absolute atomic E-state index is 0.172. The van der Waals surface area contributed by atoms with Crippen molar-refractivity contribution in [3.8, 4) is 0 Å². The fourth-order valence-electron chi connectivity index (χ4n) is 0.835. The molecule has 0 spiro atoms. The molecule has 14 heavy (non-hydrogen) atoms. The topological polar surface area (TPSA) is 51.0 Å². The van der Waals surface area contributed by atoms with E-state index in [2.05, 4.69) is 15.5 Å². The van der Waals surface area contributed by atoms with Gasteiger partial charge in [-0.1, -0.05) is 6.92 Å². The van der Waals surface area contributed by atoms with Gasteiger partial charge < -0.3 is 9.73 Å². The normalized spacial score (nSPS) is 12.0. The molecule has 0 aliphatic heterocycles. The van der Waals surface area contributed by atoms with Crippen LogP contribution in [0.1, 0.15) is 18.7 Å². The molecule has 0 aromatic carbocycles. The maximum atomic E-state index is 11.9. The highest BCUT2D eigenvalue weighted by Gasteiger charge is 2.30. The van der Waals surface area contributed by atoms with Gasteiger partial charge in [0.15, 0.2) is 0 Å². The standard InChI is InChI=1S/C7H10F3N3O/c1-2-11-4-6-13-12-5(14-6)3-7(8,9)10/h11H,2-4H2,1H3. The maximum Gasteiger partial charge on any atom is 0.397 e. The third kappa shape index (κ3) is 3.73. The quantitative estimate of drug-likeness (QED) is 0.811. The number of hydrogen-bond donors (Lipinski definition) is 1. The largest absolute Gasteiger partial charge is 0.424 e. The van der Waals surface area contributed by atoms with Crippen LogP contribution in [-0.2, 0) is 13.0 Å². The van der Waals surface area contributed by atoms with E-state index in [1.165, 1.54) is 0 Å². The summed E-state index contributed by atoms with van der Waals surface area (Å²) in [5.41, 5.74) is 0. The highest BCUT2D eigenvalue weighted by molar-refractivity contribution is 4.83. The van der Waals surface area contributed by atoms with Crippen molar-refractivity contribution in [2.75, 3.05) is 6.54 Å². The number of aromatic nitrogens is 2. The van der Waals surface area contributed by atoms with E-state index in [9.17, 15) is 13.2 Å². The van der Waals surface area contributed by atoms with Crippen LogP contribution in [0.25, 0.3) is 0 Å². The van der Waals surface area contributed by atoms with Gasteiger partial charge in [-0.3, -0.25) is 0 Å². The van der Waals surface area contributed by atoms with Crippen LogP contribution >= 0.6 is 0 Å². The Morgan fingerprint density at radius 1 is 1.29 bits per heavy atom. The first kappa shape index (κ1) is 11.0. The highest BCUT2D eigenvalue weighted by Crippen LogP contribution is 2.20. The van der Waals surface area contributed by atoms with E-state index < -0.39 is 18.5 Å². The molecule has 1 rings (SSSR count). The molecule has 0 bridgehead atoms. The average molecular weight is 209 g/mol. The van der Waals surface area contributed by atoms with E-state index in [1.54, 1.807) is 0 Å². The molecule has 0 aliphatic carbocycles. The fraction of sp³-hybridized carbons (Fsp3) is 0.714. The molecule has 7 heteroatoms. The Bertz CT molecular complexity index is 284. The summed E-state index contributed by atoms with van der Waals surface area (Å²) < 4.78 is 40.3. The fourth-order valence-corrected chi connectivity index (χ4v) is 0.835. The summed E-state index contributed by atoms with van der Waals surface area (Å²) in [5.74, 6) is -0.225. The summed E-state index contributed by atoms with van der Waals surface area (Å²) in [7, 11) is 0. The zero-order valence-electron chi connectivity index (χ0n) is 7.56. The second-order valence-corrected chi connectivity index (χ2v) is 2.66. The van der Waals surface area contributed by atoms with Crippen LogP contribution in [0.3, 0.4) is 0 Å². The van der Waals surface area contributed by atoms with Crippen molar-refractivity contribution in [1.82, 2.24) is 15.5 Å². The van der Waals surface area contributed by atoms with E-state index in [1.807, 2.05) is 6.92 Å². The lowest BCUT2D eigenvalue weighted by atomic mass is 10.4. The lowest BCUT2D eigenvalue weighted by Crippen LogP contribution is -2.12. The van der Waals surface area contributed by atoms with Gasteiger partial charge >= 0.3 is 6.18 Å². The smallest absolute Gasteiger partial charge is 0.397 e. The van der Waals surface area contributed by atoms with E-state index >= 15 is 0 Å². The van der Waals surface area contributed by atoms with Crippen molar-refractivity contribution >= 4 is 0 Å². The molecule has 0 atom stereocenters. The van der Waals surface area contributed by atoms with Gasteiger partial charge in [-0.2, -0.15) is 13.2 Å². The Hall–Kier alpha value is -1.11. The molecule has 1 heterocycles. The zero-order chi connectivity index (χ0) is 10.6. The zero-order valence-corrected chi connectivity index (χ0v) is 7.56. The summed E-state index contributed by atoms with van der Waals surface area (Å²) in [6.45, 7) is 2.85. The number of alkyl halides is 3. The van der Waals surface area contributed by atoms with Gasteiger partial charge in [0.2, 0.25) is 11.8 Å². The molecule has 0 amide bonds. The van der Waals surface area contributed by atoms with Gasteiger partial charge in [0, 0.05) is 0 Å². The van der Waals surface area contributed by atoms with Crippen LogP contribution in [0.15, 0.2) is 4.42 Å². The second-order valence-electron chi connectivity index (χ2n) is 2.66. The van der Waals surface area contributed by atoms with Gasteiger partial charge in [0.25, 0.3) is 0 Å². The van der Waals surface area contributed by atoms with E-state index in [4.69, 9.17) is 4.42 Å². The van der Waals surface area contributed by atoms with Gasteiger partial charge in [-0.25, -0.2) is 0 Å². The Morgan fingerprint density at radius 3 is 2.50 bits per heavy atom. The summed E-state index contributed by atoms with van der Waals surface area (Å²) >= 11 is 0. The molecule has 0 saturated heterocycles. The minimum atomic E-state index is -4.30. The Kier molecular flexibility index (Phi) is 3.45. The summed E-state index contributed by atoms with van der Waals surface area (Å²) in [5, 5.41) is 9.60. The minimum Gasteiger partial charge on any atom is -0.424 e. The molecular weight excluding hydrogens is 199 g/mol. The van der Waals surface area contributed by atoms with E-state index in [0.717, 1.165) is 0 Å². The van der Waals surface area contributed by atoms with Crippen LogP contribution < -0.4 is 5.32 Å². The number of rotatable bonds is 4. The summed E-state index contributed by atoms with van der Waals surface area (Å²) in [6.07, 6.45) is -5.48. The maximum absolute atomic E-state index is 11.9. The Morgan fingerprint density at radius 2 is 1.93 bits per heavy atom. The van der Waals surface area contributed by atoms with Crippen molar-refractivity contribution in [2.24, 2.45) is 0 Å². The first-order valence-electron chi connectivity index (χ1n) is 4.10. The molecular formula is C7H10F3N3O.